The summed E-state index contributed by atoms with van der Waals surface area (Å²) < 4.78 is 5.22. The van der Waals surface area contributed by atoms with Gasteiger partial charge >= 0.3 is 5.97 Å². The van der Waals surface area contributed by atoms with Crippen molar-refractivity contribution >= 4 is 28.9 Å². The summed E-state index contributed by atoms with van der Waals surface area (Å²) in [5, 5.41) is 2.91. The molecule has 1 amide bonds. The van der Waals surface area contributed by atoms with E-state index < -0.39 is 5.97 Å². The van der Waals surface area contributed by atoms with E-state index >= 15 is 0 Å². The highest BCUT2D eigenvalue weighted by Gasteiger charge is 2.16. The molecule has 0 bridgehead atoms. The third-order valence-corrected chi connectivity index (χ3v) is 5.41. The molecule has 0 fully saturated rings. The first-order chi connectivity index (χ1) is 12.5. The maximum Gasteiger partial charge on any atom is 0.348 e. The molecule has 1 heterocycles. The zero-order chi connectivity index (χ0) is 19.1. The van der Waals surface area contributed by atoms with Crippen LogP contribution in [0.15, 0.2) is 24.3 Å². The Kier molecular flexibility index (Phi) is 7.39. The summed E-state index contributed by atoms with van der Waals surface area (Å²) in [5.41, 5.74) is 4.19. The van der Waals surface area contributed by atoms with Crippen LogP contribution in [-0.2, 0) is 28.8 Å². The smallest absolute Gasteiger partial charge is 0.348 e. The van der Waals surface area contributed by atoms with Crippen LogP contribution in [0.3, 0.4) is 0 Å². The van der Waals surface area contributed by atoms with Gasteiger partial charge in [-0.25, -0.2) is 4.79 Å². The van der Waals surface area contributed by atoms with Crippen LogP contribution >= 0.6 is 11.3 Å². The lowest BCUT2D eigenvalue weighted by Crippen LogP contribution is -2.22. The van der Waals surface area contributed by atoms with Gasteiger partial charge in [0.05, 0.1) is 0 Å². The molecule has 0 saturated heterocycles. The zero-order valence-corrected chi connectivity index (χ0v) is 16.8. The third-order valence-electron chi connectivity index (χ3n) is 4.34. The van der Waals surface area contributed by atoms with E-state index in [-0.39, 0.29) is 12.5 Å². The number of thiophene rings is 1. The number of esters is 1. The lowest BCUT2D eigenvalue weighted by molar-refractivity contribution is -0.119. The second-order valence-corrected chi connectivity index (χ2v) is 7.48. The average molecular weight is 374 g/mol. The number of amides is 1. The van der Waals surface area contributed by atoms with Crippen molar-refractivity contribution in [1.82, 2.24) is 0 Å². The molecule has 2 aromatic rings. The Balaban J connectivity index is 1.99. The van der Waals surface area contributed by atoms with Gasteiger partial charge in [-0.2, -0.15) is 0 Å². The Hall–Kier alpha value is -2.14. The van der Waals surface area contributed by atoms with Crippen molar-refractivity contribution in [2.24, 2.45) is 0 Å². The Morgan fingerprint density at radius 3 is 2.31 bits per heavy atom. The van der Waals surface area contributed by atoms with Crippen molar-refractivity contribution < 1.29 is 14.3 Å². The molecule has 0 aliphatic heterocycles. The first-order valence-corrected chi connectivity index (χ1v) is 9.98. The second-order valence-electron chi connectivity index (χ2n) is 6.22. The van der Waals surface area contributed by atoms with Crippen molar-refractivity contribution in [3.8, 4) is 0 Å². The van der Waals surface area contributed by atoms with E-state index in [1.807, 2.05) is 31.2 Å². The fraction of sp³-hybridized carbons (Fsp3) is 0.429. The molecule has 5 heteroatoms. The van der Waals surface area contributed by atoms with E-state index in [1.54, 1.807) is 0 Å². The molecule has 1 aromatic carbocycles. The minimum Gasteiger partial charge on any atom is -0.451 e. The first-order valence-electron chi connectivity index (χ1n) is 9.17. The molecular formula is C21H27NO3S. The van der Waals surface area contributed by atoms with Crippen molar-refractivity contribution in [2.75, 3.05) is 11.9 Å². The maximum atomic E-state index is 12.3. The van der Waals surface area contributed by atoms with Crippen molar-refractivity contribution in [1.29, 1.82) is 0 Å². The lowest BCUT2D eigenvalue weighted by Gasteiger charge is -2.14. The van der Waals surface area contributed by atoms with Crippen LogP contribution in [0.2, 0.25) is 0 Å². The standard InChI is InChI=1S/C21H27NO3S/c1-5-9-17-12-18(26-14(17)4)21(24)25-13-19(23)22-20-15(6-2)10-8-11-16(20)7-3/h8,10-12H,5-7,9,13H2,1-4H3,(H,22,23). The molecule has 0 saturated carbocycles. The molecule has 0 unspecified atom stereocenters. The summed E-state index contributed by atoms with van der Waals surface area (Å²) in [4.78, 5) is 26.2. The predicted octanol–water partition coefficient (Wildman–Crippen LogP) is 4.93. The number of rotatable bonds is 8. The largest absolute Gasteiger partial charge is 0.451 e. The Morgan fingerprint density at radius 1 is 1.08 bits per heavy atom. The highest BCUT2D eigenvalue weighted by atomic mass is 32.1. The molecule has 0 radical (unpaired) electrons. The number of ether oxygens (including phenoxy) is 1. The number of aryl methyl sites for hydroxylation is 4. The summed E-state index contributed by atoms with van der Waals surface area (Å²) in [6.45, 7) is 7.94. The lowest BCUT2D eigenvalue weighted by atomic mass is 10.0. The van der Waals surface area contributed by atoms with Gasteiger partial charge in [-0.15, -0.1) is 11.3 Å². The van der Waals surface area contributed by atoms with Crippen LogP contribution in [0.25, 0.3) is 0 Å². The molecule has 0 atom stereocenters. The SMILES string of the molecule is CCCc1cc(C(=O)OCC(=O)Nc2c(CC)cccc2CC)sc1C. The van der Waals surface area contributed by atoms with Gasteiger partial charge in [0.2, 0.25) is 0 Å². The predicted molar refractivity (Wildman–Crippen MR) is 107 cm³/mol. The van der Waals surface area contributed by atoms with E-state index in [2.05, 4.69) is 26.1 Å². The highest BCUT2D eigenvalue weighted by molar-refractivity contribution is 7.14. The number of anilines is 1. The minimum absolute atomic E-state index is 0.278. The molecule has 0 spiro atoms. The molecule has 1 aromatic heterocycles. The quantitative estimate of drug-likeness (QED) is 0.668. The number of nitrogens with one attached hydrogen (secondary N) is 1. The van der Waals surface area contributed by atoms with E-state index in [9.17, 15) is 9.59 Å². The Bertz CT molecular complexity index is 757. The molecule has 2 rings (SSSR count). The Morgan fingerprint density at radius 2 is 1.73 bits per heavy atom. The topological polar surface area (TPSA) is 55.4 Å². The minimum atomic E-state index is -0.435. The summed E-state index contributed by atoms with van der Waals surface area (Å²) in [6.07, 6.45) is 3.64. The second kappa shape index (κ2) is 9.53. The van der Waals surface area contributed by atoms with Crippen LogP contribution in [0, 0.1) is 6.92 Å². The fourth-order valence-corrected chi connectivity index (χ4v) is 3.88. The molecular weight excluding hydrogens is 346 g/mol. The fourth-order valence-electron chi connectivity index (χ4n) is 2.92. The van der Waals surface area contributed by atoms with Crippen LogP contribution in [0.4, 0.5) is 5.69 Å². The van der Waals surface area contributed by atoms with Gasteiger partial charge in [0.15, 0.2) is 6.61 Å². The Labute approximate surface area is 159 Å². The van der Waals surface area contributed by atoms with Crippen LogP contribution in [0.5, 0.6) is 0 Å². The summed E-state index contributed by atoms with van der Waals surface area (Å²) in [6, 6.07) is 7.89. The van der Waals surface area contributed by atoms with Crippen LogP contribution in [-0.4, -0.2) is 18.5 Å². The van der Waals surface area contributed by atoms with Gasteiger partial charge in [-0.1, -0.05) is 45.4 Å². The average Bonchev–Trinajstić information content (AvgIpc) is 3.01. The van der Waals surface area contributed by atoms with Crippen molar-refractivity contribution in [3.63, 3.8) is 0 Å². The molecule has 0 aliphatic carbocycles. The van der Waals surface area contributed by atoms with E-state index in [0.717, 1.165) is 47.4 Å². The monoisotopic (exact) mass is 373 g/mol. The first kappa shape index (κ1) is 20.2. The number of carbonyl (C=O) groups is 2. The highest BCUT2D eigenvalue weighted by Crippen LogP contribution is 2.24. The van der Waals surface area contributed by atoms with E-state index in [1.165, 1.54) is 16.9 Å². The maximum absolute atomic E-state index is 12.3. The number of carbonyl (C=O) groups excluding carboxylic acids is 2. The van der Waals surface area contributed by atoms with Crippen LogP contribution in [0.1, 0.15) is 58.4 Å². The third kappa shape index (κ3) is 4.94. The van der Waals surface area contributed by atoms with Gasteiger partial charge in [-0.05, 0) is 48.9 Å². The van der Waals surface area contributed by atoms with Gasteiger partial charge in [0, 0.05) is 10.6 Å². The summed E-state index contributed by atoms with van der Waals surface area (Å²) in [7, 11) is 0. The van der Waals surface area contributed by atoms with E-state index in [4.69, 9.17) is 4.74 Å². The normalized spacial score (nSPS) is 10.6. The van der Waals surface area contributed by atoms with Crippen LogP contribution < -0.4 is 5.32 Å². The van der Waals surface area contributed by atoms with Gasteiger partial charge in [0.1, 0.15) is 4.88 Å². The van der Waals surface area contributed by atoms with Gasteiger partial charge in [-0.3, -0.25) is 4.79 Å². The van der Waals surface area contributed by atoms with Gasteiger partial charge < -0.3 is 10.1 Å². The van der Waals surface area contributed by atoms with Gasteiger partial charge in [0.25, 0.3) is 5.91 Å². The van der Waals surface area contributed by atoms with E-state index in [0.29, 0.717) is 4.88 Å². The molecule has 140 valence electrons. The number of para-hydroxylation sites is 1. The number of benzene rings is 1. The van der Waals surface area contributed by atoms with Crippen molar-refractivity contribution in [3.05, 3.63) is 50.7 Å². The zero-order valence-electron chi connectivity index (χ0n) is 16.0. The summed E-state index contributed by atoms with van der Waals surface area (Å²) >= 11 is 1.42. The molecule has 0 aliphatic rings. The molecule has 4 nitrogen and oxygen atoms in total. The number of hydrogen-bond donors (Lipinski definition) is 1. The molecule has 26 heavy (non-hydrogen) atoms. The number of hydrogen-bond acceptors (Lipinski definition) is 4. The van der Waals surface area contributed by atoms with Crippen molar-refractivity contribution in [2.45, 2.75) is 53.4 Å². The summed E-state index contributed by atoms with van der Waals surface area (Å²) in [5.74, 6) is -0.744. The molecule has 1 N–H and O–H groups in total.